The van der Waals surface area contributed by atoms with E-state index in [-0.39, 0.29) is 4.90 Å². The molecule has 0 fully saturated rings. The van der Waals surface area contributed by atoms with Crippen molar-refractivity contribution in [1.29, 1.82) is 0 Å². The van der Waals surface area contributed by atoms with Crippen molar-refractivity contribution in [2.24, 2.45) is 5.14 Å². The Bertz CT molecular complexity index is 653. The first-order chi connectivity index (χ1) is 8.39. The lowest BCUT2D eigenvalue weighted by molar-refractivity contribution is 0.598. The van der Waals surface area contributed by atoms with Crippen LogP contribution in [0.1, 0.15) is 11.1 Å². The number of hydrogen-bond acceptors (Lipinski definition) is 2. The van der Waals surface area contributed by atoms with Gasteiger partial charge in [-0.1, -0.05) is 30.3 Å². The molecular formula is C14H15NO2S. The van der Waals surface area contributed by atoms with Gasteiger partial charge in [-0.2, -0.15) is 0 Å². The summed E-state index contributed by atoms with van der Waals surface area (Å²) in [5.74, 6) is 0. The molecule has 0 unspecified atom stereocenters. The number of rotatable bonds is 2. The van der Waals surface area contributed by atoms with Crippen molar-refractivity contribution in [3.63, 3.8) is 0 Å². The highest BCUT2D eigenvalue weighted by molar-refractivity contribution is 7.89. The van der Waals surface area contributed by atoms with Crippen LogP contribution < -0.4 is 5.14 Å². The standard InChI is InChI=1S/C14H15NO2S/c1-10-4-3-5-11(2)14(10)12-6-8-13(9-7-12)18(15,16)17/h3-9H,1-2H3,(H2,15,16,17). The van der Waals surface area contributed by atoms with Crippen molar-refractivity contribution < 1.29 is 8.42 Å². The monoisotopic (exact) mass is 261 g/mol. The maximum absolute atomic E-state index is 11.2. The largest absolute Gasteiger partial charge is 0.238 e. The zero-order valence-corrected chi connectivity index (χ0v) is 11.2. The molecule has 0 aliphatic rings. The molecule has 0 saturated carbocycles. The van der Waals surface area contributed by atoms with E-state index in [4.69, 9.17) is 5.14 Å². The Labute approximate surface area is 107 Å². The highest BCUT2D eigenvalue weighted by Gasteiger charge is 2.09. The first-order valence-electron chi connectivity index (χ1n) is 5.59. The molecule has 0 atom stereocenters. The van der Waals surface area contributed by atoms with Gasteiger partial charge in [0, 0.05) is 0 Å². The van der Waals surface area contributed by atoms with E-state index in [0.717, 1.165) is 11.1 Å². The second-order valence-electron chi connectivity index (χ2n) is 4.34. The van der Waals surface area contributed by atoms with Gasteiger partial charge in [0.05, 0.1) is 4.90 Å². The summed E-state index contributed by atoms with van der Waals surface area (Å²) in [6, 6.07) is 12.7. The first-order valence-corrected chi connectivity index (χ1v) is 7.13. The maximum Gasteiger partial charge on any atom is 0.238 e. The van der Waals surface area contributed by atoms with Crippen molar-refractivity contribution in [1.82, 2.24) is 0 Å². The molecule has 2 N–H and O–H groups in total. The average molecular weight is 261 g/mol. The van der Waals surface area contributed by atoms with Crippen LogP contribution in [-0.4, -0.2) is 8.42 Å². The molecule has 0 aromatic heterocycles. The Balaban J connectivity index is 2.54. The van der Waals surface area contributed by atoms with Gasteiger partial charge in [-0.05, 0) is 48.2 Å². The van der Waals surface area contributed by atoms with Gasteiger partial charge in [0.15, 0.2) is 0 Å². The third kappa shape index (κ3) is 2.44. The molecule has 2 aromatic carbocycles. The normalized spacial score (nSPS) is 11.5. The van der Waals surface area contributed by atoms with Gasteiger partial charge in [-0.15, -0.1) is 0 Å². The molecule has 0 amide bonds. The lowest BCUT2D eigenvalue weighted by Crippen LogP contribution is -2.11. The van der Waals surface area contributed by atoms with E-state index in [9.17, 15) is 8.42 Å². The third-order valence-corrected chi connectivity index (χ3v) is 3.88. The van der Waals surface area contributed by atoms with E-state index in [0.29, 0.717) is 0 Å². The molecule has 2 rings (SSSR count). The van der Waals surface area contributed by atoms with Gasteiger partial charge in [-0.3, -0.25) is 0 Å². The quantitative estimate of drug-likeness (QED) is 0.903. The molecule has 0 bridgehead atoms. The molecule has 4 heteroatoms. The molecule has 0 saturated heterocycles. The summed E-state index contributed by atoms with van der Waals surface area (Å²) >= 11 is 0. The van der Waals surface area contributed by atoms with Crippen molar-refractivity contribution in [3.05, 3.63) is 53.6 Å². The number of sulfonamides is 1. The minimum Gasteiger partial charge on any atom is -0.225 e. The van der Waals surface area contributed by atoms with Crippen molar-refractivity contribution in [2.45, 2.75) is 18.7 Å². The van der Waals surface area contributed by atoms with E-state index in [1.165, 1.54) is 23.3 Å². The second kappa shape index (κ2) is 4.55. The van der Waals surface area contributed by atoms with Crippen LogP contribution in [0.3, 0.4) is 0 Å². The summed E-state index contributed by atoms with van der Waals surface area (Å²) in [4.78, 5) is 0.137. The summed E-state index contributed by atoms with van der Waals surface area (Å²) in [5, 5.41) is 5.08. The highest BCUT2D eigenvalue weighted by Crippen LogP contribution is 2.27. The fourth-order valence-corrected chi connectivity index (χ4v) is 2.60. The maximum atomic E-state index is 11.2. The third-order valence-electron chi connectivity index (χ3n) is 2.95. The number of aryl methyl sites for hydroxylation is 2. The minimum absolute atomic E-state index is 0.137. The van der Waals surface area contributed by atoms with Crippen molar-refractivity contribution >= 4 is 10.0 Å². The Morgan fingerprint density at radius 3 is 1.83 bits per heavy atom. The minimum atomic E-state index is -3.62. The number of benzene rings is 2. The Kier molecular flexibility index (Phi) is 3.24. The van der Waals surface area contributed by atoms with Crippen LogP contribution in [0.4, 0.5) is 0 Å². The highest BCUT2D eigenvalue weighted by atomic mass is 32.2. The van der Waals surface area contributed by atoms with Crippen LogP contribution in [0.2, 0.25) is 0 Å². The molecular weight excluding hydrogens is 246 g/mol. The SMILES string of the molecule is Cc1cccc(C)c1-c1ccc(S(N)(=O)=O)cc1. The first kappa shape index (κ1) is 12.8. The van der Waals surface area contributed by atoms with E-state index in [2.05, 4.69) is 0 Å². The number of primary sulfonamides is 1. The molecule has 0 spiro atoms. The van der Waals surface area contributed by atoms with Crippen molar-refractivity contribution in [2.75, 3.05) is 0 Å². The summed E-state index contributed by atoms with van der Waals surface area (Å²) in [6.07, 6.45) is 0. The zero-order valence-electron chi connectivity index (χ0n) is 10.3. The lowest BCUT2D eigenvalue weighted by Gasteiger charge is -2.10. The molecule has 0 aliphatic carbocycles. The Morgan fingerprint density at radius 2 is 1.39 bits per heavy atom. The van der Waals surface area contributed by atoms with Crippen LogP contribution in [0.15, 0.2) is 47.4 Å². The van der Waals surface area contributed by atoms with Crippen LogP contribution in [0.25, 0.3) is 11.1 Å². The predicted octanol–water partition coefficient (Wildman–Crippen LogP) is 2.62. The zero-order chi connectivity index (χ0) is 13.3. The summed E-state index contributed by atoms with van der Waals surface area (Å²) < 4.78 is 22.4. The fraction of sp³-hybridized carbons (Fsp3) is 0.143. The molecule has 0 aliphatic heterocycles. The van der Waals surface area contributed by atoms with Gasteiger partial charge < -0.3 is 0 Å². The Morgan fingerprint density at radius 1 is 0.889 bits per heavy atom. The van der Waals surface area contributed by atoms with E-state index in [1.54, 1.807) is 12.1 Å². The molecule has 3 nitrogen and oxygen atoms in total. The summed E-state index contributed by atoms with van der Waals surface area (Å²) in [5.41, 5.74) is 4.47. The number of hydrogen-bond donors (Lipinski definition) is 1. The number of nitrogens with two attached hydrogens (primary N) is 1. The van der Waals surface area contributed by atoms with E-state index < -0.39 is 10.0 Å². The topological polar surface area (TPSA) is 60.2 Å². The van der Waals surface area contributed by atoms with E-state index >= 15 is 0 Å². The Hall–Kier alpha value is -1.65. The smallest absolute Gasteiger partial charge is 0.225 e. The molecule has 2 aromatic rings. The fourth-order valence-electron chi connectivity index (χ4n) is 2.08. The lowest BCUT2D eigenvalue weighted by atomic mass is 9.96. The van der Waals surface area contributed by atoms with Crippen LogP contribution in [0.5, 0.6) is 0 Å². The van der Waals surface area contributed by atoms with Crippen LogP contribution in [0, 0.1) is 13.8 Å². The molecule has 94 valence electrons. The van der Waals surface area contributed by atoms with Gasteiger partial charge in [0.25, 0.3) is 0 Å². The van der Waals surface area contributed by atoms with Gasteiger partial charge in [-0.25, -0.2) is 13.6 Å². The molecule has 0 heterocycles. The summed E-state index contributed by atoms with van der Waals surface area (Å²) in [6.45, 7) is 4.08. The van der Waals surface area contributed by atoms with Crippen molar-refractivity contribution in [3.8, 4) is 11.1 Å². The van der Waals surface area contributed by atoms with Crippen LogP contribution in [-0.2, 0) is 10.0 Å². The molecule has 0 radical (unpaired) electrons. The van der Waals surface area contributed by atoms with Gasteiger partial charge in [0.1, 0.15) is 0 Å². The van der Waals surface area contributed by atoms with Crippen LogP contribution >= 0.6 is 0 Å². The van der Waals surface area contributed by atoms with Gasteiger partial charge in [0.2, 0.25) is 10.0 Å². The van der Waals surface area contributed by atoms with Gasteiger partial charge >= 0.3 is 0 Å². The second-order valence-corrected chi connectivity index (χ2v) is 5.90. The summed E-state index contributed by atoms with van der Waals surface area (Å²) in [7, 11) is -3.62. The van der Waals surface area contributed by atoms with E-state index in [1.807, 2.05) is 32.0 Å². The average Bonchev–Trinajstić information content (AvgIpc) is 2.28. The molecule has 18 heavy (non-hydrogen) atoms. The predicted molar refractivity (Wildman–Crippen MR) is 72.7 cm³/mol.